The molecule has 100 valence electrons. The van der Waals surface area contributed by atoms with Gasteiger partial charge in [0.25, 0.3) is 10.0 Å². The molecule has 19 heavy (non-hydrogen) atoms. The lowest BCUT2D eigenvalue weighted by Gasteiger charge is -2.11. The Bertz CT molecular complexity index is 717. The van der Waals surface area contributed by atoms with Crippen LogP contribution in [0.1, 0.15) is 5.56 Å². The number of sulfonamides is 1. The Kier molecular flexibility index (Phi) is 3.64. The number of nitrogens with one attached hydrogen (secondary N) is 1. The van der Waals surface area contributed by atoms with E-state index >= 15 is 0 Å². The summed E-state index contributed by atoms with van der Waals surface area (Å²) in [5, 5.41) is 0.325. The van der Waals surface area contributed by atoms with E-state index in [0.29, 0.717) is 10.7 Å². The van der Waals surface area contributed by atoms with Crippen LogP contribution in [0.2, 0.25) is 5.02 Å². The molecule has 0 aliphatic heterocycles. The number of aryl methyl sites for hydroxylation is 1. The van der Waals surface area contributed by atoms with Crippen molar-refractivity contribution in [2.24, 2.45) is 0 Å². The van der Waals surface area contributed by atoms with Crippen molar-refractivity contribution in [1.82, 2.24) is 4.98 Å². The van der Waals surface area contributed by atoms with E-state index in [2.05, 4.69) is 9.71 Å². The lowest BCUT2D eigenvalue weighted by Crippen LogP contribution is -2.15. The van der Waals surface area contributed by atoms with Gasteiger partial charge in [-0.1, -0.05) is 17.7 Å². The first-order valence-electron chi connectivity index (χ1n) is 5.39. The third kappa shape index (κ3) is 2.97. The monoisotopic (exact) mass is 297 g/mol. The largest absolute Gasteiger partial charge is 0.383 e. The molecule has 7 heteroatoms. The molecule has 0 unspecified atom stereocenters. The van der Waals surface area contributed by atoms with Crippen LogP contribution in [0.5, 0.6) is 0 Å². The standard InChI is InChI=1S/C12H12ClN3O2S/c1-8-4-5-10(9(13)7-8)16-19(17,18)11-3-2-6-15-12(11)14/h2-7,16H,1H3,(H2,14,15). The molecule has 3 N–H and O–H groups in total. The van der Waals surface area contributed by atoms with Crippen LogP contribution >= 0.6 is 11.6 Å². The Morgan fingerprint density at radius 1 is 1.32 bits per heavy atom. The number of hydrogen-bond acceptors (Lipinski definition) is 4. The van der Waals surface area contributed by atoms with Crippen molar-refractivity contribution in [1.29, 1.82) is 0 Å². The van der Waals surface area contributed by atoms with Crippen LogP contribution < -0.4 is 10.5 Å². The number of nitrogens with two attached hydrogens (primary N) is 1. The highest BCUT2D eigenvalue weighted by Gasteiger charge is 2.19. The Balaban J connectivity index is 2.40. The Labute approximate surface area is 116 Å². The number of nitrogen functional groups attached to an aromatic ring is 1. The van der Waals surface area contributed by atoms with Gasteiger partial charge in [-0.05, 0) is 36.8 Å². The lowest BCUT2D eigenvalue weighted by molar-refractivity contribution is 0.601. The molecule has 0 radical (unpaired) electrons. The van der Waals surface area contributed by atoms with Gasteiger partial charge in [-0.25, -0.2) is 13.4 Å². The van der Waals surface area contributed by atoms with Crippen molar-refractivity contribution in [3.8, 4) is 0 Å². The van der Waals surface area contributed by atoms with Crippen LogP contribution in [0.25, 0.3) is 0 Å². The SMILES string of the molecule is Cc1ccc(NS(=O)(=O)c2cccnc2N)c(Cl)c1. The third-order valence-electron chi connectivity index (χ3n) is 2.46. The lowest BCUT2D eigenvalue weighted by atomic mass is 10.2. The van der Waals surface area contributed by atoms with Gasteiger partial charge in [-0.3, -0.25) is 4.72 Å². The molecule has 1 aromatic heterocycles. The van der Waals surface area contributed by atoms with Crippen molar-refractivity contribution in [2.75, 3.05) is 10.5 Å². The van der Waals surface area contributed by atoms with Gasteiger partial charge in [0.15, 0.2) is 0 Å². The number of halogens is 1. The van der Waals surface area contributed by atoms with Crippen LogP contribution in [-0.4, -0.2) is 13.4 Å². The average Bonchev–Trinajstić information content (AvgIpc) is 2.33. The molecule has 0 aliphatic rings. The number of hydrogen-bond donors (Lipinski definition) is 2. The first kappa shape index (κ1) is 13.6. The maximum absolute atomic E-state index is 12.2. The predicted octanol–water partition coefficient (Wildman–Crippen LogP) is 2.43. The number of rotatable bonds is 3. The molecule has 0 saturated carbocycles. The molecular formula is C12H12ClN3O2S. The van der Waals surface area contributed by atoms with Crippen molar-refractivity contribution in [3.63, 3.8) is 0 Å². The predicted molar refractivity (Wildman–Crippen MR) is 75.6 cm³/mol. The van der Waals surface area contributed by atoms with E-state index < -0.39 is 10.0 Å². The summed E-state index contributed by atoms with van der Waals surface area (Å²) >= 11 is 5.99. The molecule has 0 amide bonds. The Hall–Kier alpha value is -1.79. The van der Waals surface area contributed by atoms with Gasteiger partial charge in [-0.2, -0.15) is 0 Å². The number of aromatic nitrogens is 1. The van der Waals surface area contributed by atoms with Gasteiger partial charge >= 0.3 is 0 Å². The minimum atomic E-state index is -3.80. The number of pyridine rings is 1. The number of anilines is 2. The zero-order valence-corrected chi connectivity index (χ0v) is 11.7. The van der Waals surface area contributed by atoms with Crippen molar-refractivity contribution in [2.45, 2.75) is 11.8 Å². The quantitative estimate of drug-likeness (QED) is 0.911. The summed E-state index contributed by atoms with van der Waals surface area (Å²) in [7, 11) is -3.80. The molecule has 1 aromatic carbocycles. The Morgan fingerprint density at radius 3 is 2.68 bits per heavy atom. The van der Waals surface area contributed by atoms with Crippen LogP contribution in [0.3, 0.4) is 0 Å². The molecule has 2 rings (SSSR count). The minimum Gasteiger partial charge on any atom is -0.383 e. The highest BCUT2D eigenvalue weighted by atomic mass is 35.5. The van der Waals surface area contributed by atoms with E-state index in [1.54, 1.807) is 18.2 Å². The fraction of sp³-hybridized carbons (Fsp3) is 0.0833. The van der Waals surface area contributed by atoms with Crippen molar-refractivity contribution in [3.05, 3.63) is 47.1 Å². The normalized spacial score (nSPS) is 11.3. The minimum absolute atomic E-state index is 0.0572. The second-order valence-corrected chi connectivity index (χ2v) is 6.03. The molecule has 5 nitrogen and oxygen atoms in total. The molecule has 1 heterocycles. The molecular weight excluding hydrogens is 286 g/mol. The van der Waals surface area contributed by atoms with Crippen LogP contribution in [-0.2, 0) is 10.0 Å². The van der Waals surface area contributed by atoms with Crippen LogP contribution in [0, 0.1) is 6.92 Å². The molecule has 0 aliphatic carbocycles. The van der Waals surface area contributed by atoms with Crippen LogP contribution in [0.4, 0.5) is 11.5 Å². The van der Waals surface area contributed by atoms with Gasteiger partial charge in [0, 0.05) is 6.20 Å². The van der Waals surface area contributed by atoms with Gasteiger partial charge < -0.3 is 5.73 Å². The maximum atomic E-state index is 12.2. The highest BCUT2D eigenvalue weighted by Crippen LogP contribution is 2.26. The summed E-state index contributed by atoms with van der Waals surface area (Å²) in [6, 6.07) is 7.92. The summed E-state index contributed by atoms with van der Waals surface area (Å²) in [6.07, 6.45) is 1.42. The molecule has 0 atom stereocenters. The second kappa shape index (κ2) is 5.07. The van der Waals surface area contributed by atoms with E-state index in [1.807, 2.05) is 6.92 Å². The number of benzene rings is 1. The Morgan fingerprint density at radius 2 is 2.05 bits per heavy atom. The molecule has 2 aromatic rings. The molecule has 0 saturated heterocycles. The molecule has 0 fully saturated rings. The van der Waals surface area contributed by atoms with Gasteiger partial charge in [0.2, 0.25) is 0 Å². The zero-order chi connectivity index (χ0) is 14.0. The van der Waals surface area contributed by atoms with Gasteiger partial charge in [0.1, 0.15) is 10.7 Å². The topological polar surface area (TPSA) is 85.1 Å². The fourth-order valence-electron chi connectivity index (χ4n) is 1.53. The second-order valence-electron chi connectivity index (χ2n) is 3.98. The zero-order valence-electron chi connectivity index (χ0n) is 10.1. The van der Waals surface area contributed by atoms with Gasteiger partial charge in [0.05, 0.1) is 10.7 Å². The smallest absolute Gasteiger partial charge is 0.265 e. The third-order valence-corrected chi connectivity index (χ3v) is 4.18. The average molecular weight is 298 g/mol. The highest BCUT2D eigenvalue weighted by molar-refractivity contribution is 7.92. The van der Waals surface area contributed by atoms with E-state index in [-0.39, 0.29) is 10.7 Å². The summed E-state index contributed by atoms with van der Waals surface area (Å²) in [4.78, 5) is 3.67. The van der Waals surface area contributed by atoms with E-state index in [9.17, 15) is 8.42 Å². The summed E-state index contributed by atoms with van der Waals surface area (Å²) in [6.45, 7) is 1.86. The van der Waals surface area contributed by atoms with Crippen molar-refractivity contribution < 1.29 is 8.42 Å². The van der Waals surface area contributed by atoms with E-state index in [4.69, 9.17) is 17.3 Å². The molecule has 0 spiro atoms. The summed E-state index contributed by atoms with van der Waals surface area (Å²) < 4.78 is 26.7. The first-order chi connectivity index (χ1) is 8.90. The first-order valence-corrected chi connectivity index (χ1v) is 7.26. The van der Waals surface area contributed by atoms with Crippen LogP contribution in [0.15, 0.2) is 41.4 Å². The summed E-state index contributed by atoms with van der Waals surface area (Å²) in [5.41, 5.74) is 6.80. The maximum Gasteiger partial charge on any atom is 0.265 e. The van der Waals surface area contributed by atoms with Gasteiger partial charge in [-0.15, -0.1) is 0 Å². The fourth-order valence-corrected chi connectivity index (χ4v) is 3.03. The van der Waals surface area contributed by atoms with E-state index in [1.165, 1.54) is 18.3 Å². The molecule has 0 bridgehead atoms. The number of nitrogens with zero attached hydrogens (tertiary/aromatic N) is 1. The van der Waals surface area contributed by atoms with Crippen molar-refractivity contribution >= 4 is 33.1 Å². The van der Waals surface area contributed by atoms with E-state index in [0.717, 1.165) is 5.56 Å². The summed E-state index contributed by atoms with van der Waals surface area (Å²) in [5.74, 6) is -0.0572.